The highest BCUT2D eigenvalue weighted by Gasteiger charge is 2.17. The van der Waals surface area contributed by atoms with E-state index in [2.05, 4.69) is 30.9 Å². The van der Waals surface area contributed by atoms with Gasteiger partial charge in [-0.1, -0.05) is 32.2 Å². The molecule has 0 aliphatic heterocycles. The molecular formula is C9H21N2OPS2. The van der Waals surface area contributed by atoms with E-state index in [9.17, 15) is 0 Å². The van der Waals surface area contributed by atoms with Crippen LogP contribution in [-0.4, -0.2) is 25.7 Å². The Morgan fingerprint density at radius 3 is 2.73 bits per heavy atom. The summed E-state index contributed by atoms with van der Waals surface area (Å²) in [5.74, 6) is 1.65. The van der Waals surface area contributed by atoms with Crippen molar-refractivity contribution >= 4 is 35.1 Å². The number of hydrogen-bond donors (Lipinski definition) is 1. The van der Waals surface area contributed by atoms with Crippen molar-refractivity contribution in [2.24, 2.45) is 10.9 Å². The maximum Gasteiger partial charge on any atom is 0.211 e. The topological polar surface area (TPSA) is 33.6 Å². The summed E-state index contributed by atoms with van der Waals surface area (Å²) < 4.78 is 5.72. The first-order valence-corrected chi connectivity index (χ1v) is 9.42. The van der Waals surface area contributed by atoms with Gasteiger partial charge < -0.3 is 9.61 Å². The third-order valence-corrected chi connectivity index (χ3v) is 7.18. The predicted molar refractivity (Wildman–Crippen MR) is 75.4 cm³/mol. The quantitative estimate of drug-likeness (QED) is 0.416. The Kier molecular flexibility index (Phi) is 8.81. The van der Waals surface area contributed by atoms with Crippen LogP contribution in [0.15, 0.2) is 4.99 Å². The zero-order valence-electron chi connectivity index (χ0n) is 9.90. The number of aliphatic imine (C=N–C) groups is 1. The average Bonchev–Trinajstić information content (AvgIpc) is 2.21. The van der Waals surface area contributed by atoms with Gasteiger partial charge in [-0.25, -0.2) is 0 Å². The van der Waals surface area contributed by atoms with Crippen LogP contribution in [0.25, 0.3) is 0 Å². The first-order chi connectivity index (χ1) is 7.04. The largest absolute Gasteiger partial charge is 0.326 e. The molecule has 0 heterocycles. The summed E-state index contributed by atoms with van der Waals surface area (Å²) >= 11 is 7.21. The molecule has 0 aromatic carbocycles. The van der Waals surface area contributed by atoms with E-state index >= 15 is 0 Å². The lowest BCUT2D eigenvalue weighted by atomic mass is 10.3. The third-order valence-electron chi connectivity index (χ3n) is 1.39. The lowest BCUT2D eigenvalue weighted by Gasteiger charge is -2.21. The highest BCUT2D eigenvalue weighted by Crippen LogP contribution is 2.56. The molecule has 1 unspecified atom stereocenters. The highest BCUT2D eigenvalue weighted by molar-refractivity contribution is 8.68. The van der Waals surface area contributed by atoms with Gasteiger partial charge in [-0.05, 0) is 24.1 Å². The van der Waals surface area contributed by atoms with Gasteiger partial charge in [0.25, 0.3) is 0 Å². The van der Waals surface area contributed by atoms with E-state index in [1.807, 2.05) is 0 Å². The van der Waals surface area contributed by atoms with Crippen molar-refractivity contribution in [2.75, 3.05) is 19.4 Å². The first kappa shape index (κ1) is 15.4. The van der Waals surface area contributed by atoms with Gasteiger partial charge in [-0.15, -0.1) is 0 Å². The van der Waals surface area contributed by atoms with E-state index in [1.54, 1.807) is 24.8 Å². The zero-order chi connectivity index (χ0) is 11.7. The molecule has 0 fully saturated rings. The second-order valence-corrected chi connectivity index (χ2v) is 10.2. The molecule has 15 heavy (non-hydrogen) atoms. The molecule has 0 aromatic rings. The van der Waals surface area contributed by atoms with Crippen LogP contribution in [0.4, 0.5) is 0 Å². The molecule has 0 aliphatic carbocycles. The third kappa shape index (κ3) is 8.26. The second-order valence-electron chi connectivity index (χ2n) is 3.54. The Balaban J connectivity index is 4.20. The molecule has 90 valence electrons. The Hall–Kier alpha value is 0.430. The Labute approximate surface area is 102 Å². The minimum absolute atomic E-state index is 0.628. The molecule has 0 saturated carbocycles. The van der Waals surface area contributed by atoms with Crippen molar-refractivity contribution in [3.8, 4) is 0 Å². The summed E-state index contributed by atoms with van der Waals surface area (Å²) in [7, 11) is 1.72. The van der Waals surface area contributed by atoms with Crippen LogP contribution in [0.5, 0.6) is 0 Å². The smallest absolute Gasteiger partial charge is 0.211 e. The summed E-state index contributed by atoms with van der Waals surface area (Å²) in [6.45, 7) is 7.16. The van der Waals surface area contributed by atoms with E-state index in [4.69, 9.17) is 16.3 Å². The summed E-state index contributed by atoms with van der Waals surface area (Å²) in [5.41, 5.74) is -1.96. The van der Waals surface area contributed by atoms with Crippen LogP contribution >= 0.6 is 17.0 Å². The monoisotopic (exact) mass is 268 g/mol. The molecule has 3 nitrogen and oxygen atoms in total. The fourth-order valence-electron chi connectivity index (χ4n) is 0.699. The fraction of sp³-hybridized carbons (Fsp3) is 0.889. The number of nitrogens with one attached hydrogen (secondary N) is 1. The lowest BCUT2D eigenvalue weighted by molar-refractivity contribution is 0.356. The van der Waals surface area contributed by atoms with Gasteiger partial charge in [0.05, 0.1) is 12.9 Å². The molecular weight excluding hydrogens is 247 g/mol. The highest BCUT2D eigenvalue weighted by atomic mass is 32.9. The minimum Gasteiger partial charge on any atom is -0.326 e. The summed E-state index contributed by atoms with van der Waals surface area (Å²) in [6.07, 6.45) is 2.63. The van der Waals surface area contributed by atoms with Gasteiger partial charge in [0.2, 0.25) is 5.62 Å². The molecule has 0 amide bonds. The van der Waals surface area contributed by atoms with E-state index in [-0.39, 0.29) is 0 Å². The van der Waals surface area contributed by atoms with Gasteiger partial charge in [0.1, 0.15) is 0 Å². The van der Waals surface area contributed by atoms with Crippen LogP contribution in [-0.2, 0) is 16.3 Å². The van der Waals surface area contributed by atoms with E-state index in [0.29, 0.717) is 12.5 Å². The second kappa shape index (κ2) is 8.57. The first-order valence-electron chi connectivity index (χ1n) is 5.11. The summed E-state index contributed by atoms with van der Waals surface area (Å²) in [4.78, 5) is 3.89. The lowest BCUT2D eigenvalue weighted by Crippen LogP contribution is -2.09. The number of rotatable bonds is 8. The molecule has 0 aromatic heterocycles. The van der Waals surface area contributed by atoms with Crippen molar-refractivity contribution in [2.45, 2.75) is 27.2 Å². The van der Waals surface area contributed by atoms with Crippen LogP contribution < -0.4 is 5.09 Å². The Morgan fingerprint density at radius 1 is 1.60 bits per heavy atom. The molecule has 1 N–H and O–H groups in total. The predicted octanol–water partition coefficient (Wildman–Crippen LogP) is 3.27. The molecule has 0 bridgehead atoms. The van der Waals surface area contributed by atoms with E-state index < -0.39 is 5.62 Å². The van der Waals surface area contributed by atoms with Crippen LogP contribution in [0.1, 0.15) is 27.2 Å². The summed E-state index contributed by atoms with van der Waals surface area (Å²) in [5, 5.41) is 3.11. The van der Waals surface area contributed by atoms with Crippen LogP contribution in [0.3, 0.4) is 0 Å². The maximum atomic E-state index is 5.72. The van der Waals surface area contributed by atoms with Gasteiger partial charge in [0, 0.05) is 12.8 Å². The molecule has 0 radical (unpaired) electrons. The normalized spacial score (nSPS) is 15.8. The van der Waals surface area contributed by atoms with Crippen LogP contribution in [0, 0.1) is 5.92 Å². The fourth-order valence-corrected chi connectivity index (χ4v) is 5.30. The SMILES string of the molecule is CCCOP(=S)(NC=NC)SCC(C)C. The summed E-state index contributed by atoms with van der Waals surface area (Å²) in [6, 6.07) is 0. The zero-order valence-corrected chi connectivity index (χ0v) is 12.4. The number of hydrogen-bond acceptors (Lipinski definition) is 4. The molecule has 0 rings (SSSR count). The van der Waals surface area contributed by atoms with Crippen molar-refractivity contribution < 1.29 is 4.52 Å². The van der Waals surface area contributed by atoms with Gasteiger partial charge >= 0.3 is 0 Å². The molecule has 1 atom stereocenters. The van der Waals surface area contributed by atoms with Gasteiger partial charge in [-0.2, -0.15) is 0 Å². The maximum absolute atomic E-state index is 5.72. The molecule has 0 spiro atoms. The Morgan fingerprint density at radius 2 is 2.27 bits per heavy atom. The minimum atomic E-state index is -1.96. The van der Waals surface area contributed by atoms with E-state index in [0.717, 1.165) is 12.2 Å². The average molecular weight is 268 g/mol. The van der Waals surface area contributed by atoms with Crippen molar-refractivity contribution in [1.82, 2.24) is 5.09 Å². The number of nitrogens with zero attached hydrogens (tertiary/aromatic N) is 1. The molecule has 6 heteroatoms. The molecule has 0 aliphatic rings. The van der Waals surface area contributed by atoms with Crippen LogP contribution in [0.2, 0.25) is 0 Å². The molecule has 0 saturated heterocycles. The van der Waals surface area contributed by atoms with Crippen molar-refractivity contribution in [3.63, 3.8) is 0 Å². The standard InChI is InChI=1S/C9H21N2OPS2/c1-5-6-12-13(14,11-8-10-4)15-7-9(2)3/h8-9H,5-7H2,1-4H3,(H,10,11,14). The van der Waals surface area contributed by atoms with Crippen molar-refractivity contribution in [1.29, 1.82) is 0 Å². The van der Waals surface area contributed by atoms with E-state index in [1.165, 1.54) is 0 Å². The van der Waals surface area contributed by atoms with Crippen molar-refractivity contribution in [3.05, 3.63) is 0 Å². The van der Waals surface area contributed by atoms with Gasteiger partial charge in [0.15, 0.2) is 0 Å². The van der Waals surface area contributed by atoms with Gasteiger partial charge in [-0.3, -0.25) is 4.99 Å². The Bertz CT molecular complexity index is 234.